The zero-order valence-corrected chi connectivity index (χ0v) is 28.7. The van der Waals surface area contributed by atoms with E-state index < -0.39 is 0 Å². The van der Waals surface area contributed by atoms with E-state index in [1.807, 2.05) is 12.1 Å². The van der Waals surface area contributed by atoms with E-state index in [2.05, 4.69) is 180 Å². The van der Waals surface area contributed by atoms with Gasteiger partial charge in [0.15, 0.2) is 5.82 Å². The molecule has 0 radical (unpaired) electrons. The molecule has 2 aromatic heterocycles. The zero-order chi connectivity index (χ0) is 34.9. The number of hydrogen-bond donors (Lipinski definition) is 0. The number of benzene rings is 9. The van der Waals surface area contributed by atoms with Crippen LogP contribution in [0.25, 0.3) is 104 Å². The maximum atomic E-state index is 5.15. The van der Waals surface area contributed by atoms with Gasteiger partial charge >= 0.3 is 0 Å². The second-order valence-corrected chi connectivity index (χ2v) is 13.7. The first-order valence-corrected chi connectivity index (χ1v) is 18.1. The van der Waals surface area contributed by atoms with Crippen LogP contribution in [0.15, 0.2) is 188 Å². The number of hydrogen-bond acceptors (Lipinski definition) is 2. The van der Waals surface area contributed by atoms with Crippen molar-refractivity contribution in [2.75, 3.05) is 0 Å². The molecule has 0 fully saturated rings. The molecule has 0 saturated carbocycles. The van der Waals surface area contributed by atoms with Crippen LogP contribution in [-0.4, -0.2) is 14.5 Å². The highest BCUT2D eigenvalue weighted by Crippen LogP contribution is 2.43. The average Bonchev–Trinajstić information content (AvgIpc) is 3.58. The molecule has 3 nitrogen and oxygen atoms in total. The van der Waals surface area contributed by atoms with E-state index in [-0.39, 0.29) is 0 Å². The van der Waals surface area contributed by atoms with Gasteiger partial charge in [-0.25, -0.2) is 9.97 Å². The van der Waals surface area contributed by atoms with Crippen molar-refractivity contribution in [3.63, 3.8) is 0 Å². The lowest BCUT2D eigenvalue weighted by molar-refractivity contribution is 1.18. The maximum Gasteiger partial charge on any atom is 0.160 e. The van der Waals surface area contributed by atoms with Crippen molar-refractivity contribution >= 4 is 65.0 Å². The molecule has 53 heavy (non-hydrogen) atoms. The fourth-order valence-electron chi connectivity index (χ4n) is 8.42. The Labute approximate surface area is 306 Å². The Kier molecular flexibility index (Phi) is 6.55. The standard InChI is InChI=1S/C50H31N3/c1-2-14-32(15-3-1)49-42-24-8-10-26-44(42)51-50(52-49)35-18-12-16-33(30-35)34-17-13-19-36(31-34)53-45-27-11-9-25-43(45)48-46(53)29-28-41-39-22-5-4-20-37(39)38-21-6-7-23-40(38)47(41)48/h1-31H. The van der Waals surface area contributed by atoms with Crippen LogP contribution in [0.1, 0.15) is 0 Å². The third-order valence-electron chi connectivity index (χ3n) is 10.8. The summed E-state index contributed by atoms with van der Waals surface area (Å²) < 4.78 is 2.43. The van der Waals surface area contributed by atoms with Gasteiger partial charge in [-0.2, -0.15) is 0 Å². The van der Waals surface area contributed by atoms with Gasteiger partial charge in [-0.1, -0.05) is 152 Å². The van der Waals surface area contributed by atoms with Gasteiger partial charge in [-0.15, -0.1) is 0 Å². The van der Waals surface area contributed by atoms with Gasteiger partial charge in [-0.05, 0) is 74.5 Å². The van der Waals surface area contributed by atoms with Crippen LogP contribution in [0.3, 0.4) is 0 Å². The van der Waals surface area contributed by atoms with Crippen molar-refractivity contribution in [1.82, 2.24) is 14.5 Å². The number of aromatic nitrogens is 3. The fourth-order valence-corrected chi connectivity index (χ4v) is 8.42. The molecule has 3 heteroatoms. The minimum absolute atomic E-state index is 0.717. The highest BCUT2D eigenvalue weighted by molar-refractivity contribution is 6.35. The summed E-state index contributed by atoms with van der Waals surface area (Å²) in [7, 11) is 0. The third kappa shape index (κ3) is 4.61. The lowest BCUT2D eigenvalue weighted by atomic mass is 9.92. The van der Waals surface area contributed by atoms with E-state index in [1.165, 1.54) is 54.1 Å². The molecule has 0 atom stereocenters. The Hall–Kier alpha value is -7.10. The number of nitrogens with zero attached hydrogens (tertiary/aromatic N) is 3. The van der Waals surface area contributed by atoms with E-state index in [0.29, 0.717) is 0 Å². The molecule has 0 bridgehead atoms. The summed E-state index contributed by atoms with van der Waals surface area (Å²) in [6.45, 7) is 0. The van der Waals surface area contributed by atoms with E-state index in [0.717, 1.165) is 50.4 Å². The third-order valence-corrected chi connectivity index (χ3v) is 10.8. The van der Waals surface area contributed by atoms with E-state index in [1.54, 1.807) is 0 Å². The van der Waals surface area contributed by atoms with Crippen LogP contribution in [0.5, 0.6) is 0 Å². The van der Waals surface area contributed by atoms with Gasteiger partial charge in [0, 0.05) is 38.4 Å². The SMILES string of the molecule is c1ccc(-c2nc(-c3cccc(-c4cccc(-n5c6ccccc6c6c7c8ccccc8c8ccccc8c7ccc65)c4)c3)nc3ccccc23)cc1. The monoisotopic (exact) mass is 673 g/mol. The summed E-state index contributed by atoms with van der Waals surface area (Å²) >= 11 is 0. The second kappa shape index (κ2) is 11.7. The first-order valence-electron chi connectivity index (χ1n) is 18.1. The van der Waals surface area contributed by atoms with Gasteiger partial charge in [0.1, 0.15) is 0 Å². The Morgan fingerprint density at radius 3 is 1.68 bits per heavy atom. The van der Waals surface area contributed by atoms with Gasteiger partial charge in [0.05, 0.1) is 22.2 Å². The quantitative estimate of drug-likeness (QED) is 0.174. The van der Waals surface area contributed by atoms with Crippen LogP contribution < -0.4 is 0 Å². The molecule has 0 aliphatic carbocycles. The van der Waals surface area contributed by atoms with Crippen molar-refractivity contribution in [2.24, 2.45) is 0 Å². The smallest absolute Gasteiger partial charge is 0.160 e. The predicted octanol–water partition coefficient (Wildman–Crippen LogP) is 13.2. The maximum absolute atomic E-state index is 5.15. The van der Waals surface area contributed by atoms with Crippen LogP contribution in [0, 0.1) is 0 Å². The predicted molar refractivity (Wildman–Crippen MR) is 223 cm³/mol. The first kappa shape index (κ1) is 29.6. The van der Waals surface area contributed by atoms with Crippen LogP contribution in [-0.2, 0) is 0 Å². The minimum atomic E-state index is 0.717. The molecule has 0 N–H and O–H groups in total. The van der Waals surface area contributed by atoms with Gasteiger partial charge < -0.3 is 4.57 Å². The molecule has 0 spiro atoms. The zero-order valence-electron chi connectivity index (χ0n) is 28.7. The van der Waals surface area contributed by atoms with Crippen molar-refractivity contribution in [3.05, 3.63) is 188 Å². The summed E-state index contributed by atoms with van der Waals surface area (Å²) in [6.07, 6.45) is 0. The molecule has 11 rings (SSSR count). The topological polar surface area (TPSA) is 30.7 Å². The summed E-state index contributed by atoms with van der Waals surface area (Å²) in [5.74, 6) is 0.717. The molecule has 11 aromatic rings. The molecule has 0 saturated heterocycles. The van der Waals surface area contributed by atoms with Crippen molar-refractivity contribution in [2.45, 2.75) is 0 Å². The summed E-state index contributed by atoms with van der Waals surface area (Å²) in [5, 5.41) is 11.3. The van der Waals surface area contributed by atoms with E-state index in [9.17, 15) is 0 Å². The van der Waals surface area contributed by atoms with Gasteiger partial charge in [-0.3, -0.25) is 0 Å². The largest absolute Gasteiger partial charge is 0.309 e. The summed E-state index contributed by atoms with van der Waals surface area (Å²) in [4.78, 5) is 10.2. The molecule has 0 aliphatic heterocycles. The molecule has 246 valence electrons. The molecule has 2 heterocycles. The van der Waals surface area contributed by atoms with Crippen LogP contribution in [0.4, 0.5) is 0 Å². The van der Waals surface area contributed by atoms with Crippen molar-refractivity contribution < 1.29 is 0 Å². The molecule has 0 unspecified atom stereocenters. The van der Waals surface area contributed by atoms with Crippen molar-refractivity contribution in [1.29, 1.82) is 0 Å². The first-order chi connectivity index (χ1) is 26.3. The van der Waals surface area contributed by atoms with E-state index in [4.69, 9.17) is 9.97 Å². The van der Waals surface area contributed by atoms with Crippen LogP contribution in [0.2, 0.25) is 0 Å². The Morgan fingerprint density at radius 1 is 0.321 bits per heavy atom. The molecular weight excluding hydrogens is 643 g/mol. The summed E-state index contributed by atoms with van der Waals surface area (Å²) in [6, 6.07) is 67.3. The molecule has 0 amide bonds. The lowest BCUT2D eigenvalue weighted by Gasteiger charge is -2.13. The van der Waals surface area contributed by atoms with Gasteiger partial charge in [0.25, 0.3) is 0 Å². The highest BCUT2D eigenvalue weighted by Gasteiger charge is 2.19. The minimum Gasteiger partial charge on any atom is -0.309 e. The normalized spacial score (nSPS) is 11.8. The molecule has 9 aromatic carbocycles. The Morgan fingerprint density at radius 2 is 0.887 bits per heavy atom. The van der Waals surface area contributed by atoms with Crippen molar-refractivity contribution in [3.8, 4) is 39.5 Å². The molecule has 0 aliphatic rings. The highest BCUT2D eigenvalue weighted by atomic mass is 15.0. The van der Waals surface area contributed by atoms with E-state index >= 15 is 0 Å². The van der Waals surface area contributed by atoms with Crippen LogP contribution >= 0.6 is 0 Å². The van der Waals surface area contributed by atoms with Gasteiger partial charge in [0.2, 0.25) is 0 Å². The average molecular weight is 674 g/mol. The number of para-hydroxylation sites is 2. The fraction of sp³-hybridized carbons (Fsp3) is 0. The lowest BCUT2D eigenvalue weighted by Crippen LogP contribution is -1.96. The Balaban J connectivity index is 1.10. The molecular formula is C50H31N3. The number of rotatable bonds is 4. The second-order valence-electron chi connectivity index (χ2n) is 13.7. The summed E-state index contributed by atoms with van der Waals surface area (Å²) in [5.41, 5.74) is 9.70. The Bertz CT molecular complexity index is 3190. The number of fused-ring (bicyclic) bond motifs is 11.